The molecule has 3 heterocycles. The first kappa shape index (κ1) is 15.7. The van der Waals surface area contributed by atoms with Gasteiger partial charge in [0.05, 0.1) is 5.39 Å². The van der Waals surface area contributed by atoms with Gasteiger partial charge in [0.25, 0.3) is 5.91 Å². The molecule has 0 aliphatic carbocycles. The molecular weight excluding hydrogens is 316 g/mol. The summed E-state index contributed by atoms with van der Waals surface area (Å²) in [6, 6.07) is 12.0. The number of rotatable bonds is 4. The van der Waals surface area contributed by atoms with E-state index in [1.54, 1.807) is 0 Å². The molecule has 4 N–H and O–H groups in total. The van der Waals surface area contributed by atoms with Gasteiger partial charge < -0.3 is 20.8 Å². The SMILES string of the molecule is NC(=O)c1cnc(N[C@H]2CCCNC2)c2cc(-c3ccccc3)oc12. The zero-order valence-electron chi connectivity index (χ0n) is 13.8. The van der Waals surface area contributed by atoms with Crippen LogP contribution in [0.5, 0.6) is 0 Å². The fraction of sp³-hybridized carbons (Fsp3) is 0.263. The number of amides is 1. The Bertz CT molecular complexity index is 898. The number of piperidine rings is 1. The highest BCUT2D eigenvalue weighted by molar-refractivity contribution is 6.07. The normalized spacial score (nSPS) is 17.5. The maximum absolute atomic E-state index is 11.8. The largest absolute Gasteiger partial charge is 0.455 e. The van der Waals surface area contributed by atoms with Crippen molar-refractivity contribution in [2.24, 2.45) is 5.73 Å². The van der Waals surface area contributed by atoms with Crippen molar-refractivity contribution in [2.45, 2.75) is 18.9 Å². The minimum absolute atomic E-state index is 0.296. The molecule has 2 aromatic heterocycles. The molecule has 1 aromatic carbocycles. The van der Waals surface area contributed by atoms with Crippen LogP contribution >= 0.6 is 0 Å². The van der Waals surface area contributed by atoms with E-state index in [2.05, 4.69) is 15.6 Å². The maximum Gasteiger partial charge on any atom is 0.254 e. The second-order valence-electron chi connectivity index (χ2n) is 6.29. The number of carbonyl (C=O) groups is 1. The van der Waals surface area contributed by atoms with Gasteiger partial charge in [0.1, 0.15) is 17.1 Å². The van der Waals surface area contributed by atoms with Crippen LogP contribution < -0.4 is 16.4 Å². The molecule has 1 aliphatic heterocycles. The fourth-order valence-corrected chi connectivity index (χ4v) is 3.23. The third kappa shape index (κ3) is 3.08. The Morgan fingerprint density at radius 3 is 2.88 bits per heavy atom. The molecule has 3 aromatic rings. The standard InChI is InChI=1S/C19H20N4O2/c20-18(24)15-11-22-19(23-13-7-4-8-21-10-13)14-9-16(25-17(14)15)12-5-2-1-3-6-12/h1-3,5-6,9,11,13,21H,4,7-8,10H2,(H2,20,24)(H,22,23)/t13-/m0/s1. The highest BCUT2D eigenvalue weighted by Gasteiger charge is 2.20. The molecule has 0 bridgehead atoms. The topological polar surface area (TPSA) is 93.2 Å². The molecule has 1 saturated heterocycles. The van der Waals surface area contributed by atoms with Gasteiger partial charge in [0, 0.05) is 24.3 Å². The van der Waals surface area contributed by atoms with Gasteiger partial charge in [-0.2, -0.15) is 0 Å². The Kier molecular flexibility index (Phi) is 4.11. The number of nitrogens with one attached hydrogen (secondary N) is 2. The maximum atomic E-state index is 11.8. The molecule has 1 atom stereocenters. The zero-order valence-corrected chi connectivity index (χ0v) is 13.8. The Morgan fingerprint density at radius 1 is 1.32 bits per heavy atom. The van der Waals surface area contributed by atoms with Gasteiger partial charge in [0.15, 0.2) is 5.58 Å². The number of fused-ring (bicyclic) bond motifs is 1. The van der Waals surface area contributed by atoms with Crippen LogP contribution in [0.1, 0.15) is 23.2 Å². The number of primary amides is 1. The third-order valence-electron chi connectivity index (χ3n) is 4.52. The average Bonchev–Trinajstić information content (AvgIpc) is 3.09. The molecule has 1 amide bonds. The number of benzene rings is 1. The van der Waals surface area contributed by atoms with Crippen LogP contribution in [0, 0.1) is 0 Å². The van der Waals surface area contributed by atoms with Gasteiger partial charge in [-0.1, -0.05) is 30.3 Å². The minimum Gasteiger partial charge on any atom is -0.455 e. The summed E-state index contributed by atoms with van der Waals surface area (Å²) < 4.78 is 5.98. The number of hydrogen-bond acceptors (Lipinski definition) is 5. The van der Waals surface area contributed by atoms with Crippen molar-refractivity contribution in [3.05, 3.63) is 48.2 Å². The van der Waals surface area contributed by atoms with Crippen molar-refractivity contribution in [3.63, 3.8) is 0 Å². The lowest BCUT2D eigenvalue weighted by molar-refractivity contribution is 0.100. The van der Waals surface area contributed by atoms with Gasteiger partial charge >= 0.3 is 0 Å². The van der Waals surface area contributed by atoms with Gasteiger partial charge in [-0.15, -0.1) is 0 Å². The quantitative estimate of drug-likeness (QED) is 0.681. The number of aromatic nitrogens is 1. The number of anilines is 1. The Balaban J connectivity index is 1.79. The van der Waals surface area contributed by atoms with E-state index in [4.69, 9.17) is 10.2 Å². The Morgan fingerprint density at radius 2 is 2.16 bits per heavy atom. The number of hydrogen-bond donors (Lipinski definition) is 3. The smallest absolute Gasteiger partial charge is 0.254 e. The molecular formula is C19H20N4O2. The third-order valence-corrected chi connectivity index (χ3v) is 4.52. The van der Waals surface area contributed by atoms with Crippen molar-refractivity contribution in [2.75, 3.05) is 18.4 Å². The minimum atomic E-state index is -0.544. The molecule has 0 spiro atoms. The van der Waals surface area contributed by atoms with Crippen LogP contribution in [-0.2, 0) is 0 Å². The van der Waals surface area contributed by atoms with Crippen LogP contribution in [-0.4, -0.2) is 30.0 Å². The summed E-state index contributed by atoms with van der Waals surface area (Å²) >= 11 is 0. The molecule has 25 heavy (non-hydrogen) atoms. The van der Waals surface area contributed by atoms with Gasteiger partial charge in [-0.25, -0.2) is 4.98 Å². The highest BCUT2D eigenvalue weighted by Crippen LogP contribution is 2.33. The number of nitrogens with two attached hydrogens (primary N) is 1. The van der Waals surface area contributed by atoms with E-state index >= 15 is 0 Å². The van der Waals surface area contributed by atoms with Crippen LogP contribution in [0.4, 0.5) is 5.82 Å². The lowest BCUT2D eigenvalue weighted by Crippen LogP contribution is -2.38. The van der Waals surface area contributed by atoms with E-state index in [0.29, 0.717) is 22.9 Å². The van der Waals surface area contributed by atoms with Crippen LogP contribution in [0.3, 0.4) is 0 Å². The van der Waals surface area contributed by atoms with E-state index in [-0.39, 0.29) is 0 Å². The van der Waals surface area contributed by atoms with E-state index in [0.717, 1.165) is 42.7 Å². The monoisotopic (exact) mass is 336 g/mol. The van der Waals surface area contributed by atoms with Crippen molar-refractivity contribution in [3.8, 4) is 11.3 Å². The predicted molar refractivity (Wildman–Crippen MR) is 97.5 cm³/mol. The molecule has 0 saturated carbocycles. The fourth-order valence-electron chi connectivity index (χ4n) is 3.23. The van der Waals surface area contributed by atoms with Crippen LogP contribution in [0.2, 0.25) is 0 Å². The van der Waals surface area contributed by atoms with E-state index in [1.807, 2.05) is 36.4 Å². The van der Waals surface area contributed by atoms with Gasteiger partial charge in [0.2, 0.25) is 0 Å². The molecule has 0 unspecified atom stereocenters. The second kappa shape index (κ2) is 6.57. The predicted octanol–water partition coefficient (Wildman–Crippen LogP) is 2.76. The van der Waals surface area contributed by atoms with E-state index < -0.39 is 5.91 Å². The molecule has 0 radical (unpaired) electrons. The second-order valence-corrected chi connectivity index (χ2v) is 6.29. The van der Waals surface area contributed by atoms with E-state index in [9.17, 15) is 4.79 Å². The summed E-state index contributed by atoms with van der Waals surface area (Å²) in [6.07, 6.45) is 3.69. The van der Waals surface area contributed by atoms with Crippen LogP contribution in [0.15, 0.2) is 47.0 Å². The lowest BCUT2D eigenvalue weighted by atomic mass is 10.1. The zero-order chi connectivity index (χ0) is 17.2. The molecule has 4 rings (SSSR count). The first-order chi connectivity index (χ1) is 12.2. The van der Waals surface area contributed by atoms with Crippen LogP contribution in [0.25, 0.3) is 22.3 Å². The number of carbonyl (C=O) groups excluding carboxylic acids is 1. The molecule has 1 fully saturated rings. The van der Waals surface area contributed by atoms with Crippen molar-refractivity contribution >= 4 is 22.7 Å². The molecule has 1 aliphatic rings. The summed E-state index contributed by atoms with van der Waals surface area (Å²) in [5, 5.41) is 7.62. The molecule has 6 nitrogen and oxygen atoms in total. The van der Waals surface area contributed by atoms with Crippen molar-refractivity contribution in [1.82, 2.24) is 10.3 Å². The summed E-state index contributed by atoms with van der Waals surface area (Å²) in [5.74, 6) is 0.868. The van der Waals surface area contributed by atoms with Crippen molar-refractivity contribution < 1.29 is 9.21 Å². The first-order valence-electron chi connectivity index (χ1n) is 8.47. The summed E-state index contributed by atoms with van der Waals surface area (Å²) in [7, 11) is 0. The Labute approximate surface area is 145 Å². The summed E-state index contributed by atoms with van der Waals surface area (Å²) in [4.78, 5) is 16.2. The summed E-state index contributed by atoms with van der Waals surface area (Å²) in [6.45, 7) is 1.94. The first-order valence-corrected chi connectivity index (χ1v) is 8.47. The Hall–Kier alpha value is -2.86. The van der Waals surface area contributed by atoms with Gasteiger partial charge in [-0.05, 0) is 25.5 Å². The van der Waals surface area contributed by atoms with Gasteiger partial charge in [-0.3, -0.25) is 4.79 Å². The lowest BCUT2D eigenvalue weighted by Gasteiger charge is -2.24. The van der Waals surface area contributed by atoms with Crippen molar-refractivity contribution in [1.29, 1.82) is 0 Å². The average molecular weight is 336 g/mol. The van der Waals surface area contributed by atoms with E-state index in [1.165, 1.54) is 6.20 Å². The number of pyridine rings is 1. The highest BCUT2D eigenvalue weighted by atomic mass is 16.3. The number of nitrogens with zero attached hydrogens (tertiary/aromatic N) is 1. The molecule has 6 heteroatoms. The number of furan rings is 1. The summed E-state index contributed by atoms with van der Waals surface area (Å²) in [5.41, 5.74) is 7.21. The molecule has 128 valence electrons.